The van der Waals surface area contributed by atoms with Crippen molar-refractivity contribution in [1.29, 1.82) is 0 Å². The van der Waals surface area contributed by atoms with E-state index in [4.69, 9.17) is 9.47 Å². The van der Waals surface area contributed by atoms with Crippen molar-refractivity contribution in [3.63, 3.8) is 0 Å². The van der Waals surface area contributed by atoms with Gasteiger partial charge in [-0.15, -0.1) is 0 Å². The number of morpholine rings is 1. The van der Waals surface area contributed by atoms with E-state index >= 15 is 0 Å². The number of aryl methyl sites for hydroxylation is 1. The Balaban J connectivity index is 1.26. The van der Waals surface area contributed by atoms with Gasteiger partial charge in [-0.1, -0.05) is 54.6 Å². The smallest absolute Gasteiger partial charge is 0.264 e. The maximum atomic E-state index is 13.5. The first-order chi connectivity index (χ1) is 20.3. The summed E-state index contributed by atoms with van der Waals surface area (Å²) in [7, 11) is -4.35. The number of rotatable bonds is 11. The molecule has 0 aliphatic carbocycles. The summed E-state index contributed by atoms with van der Waals surface area (Å²) in [5.74, 6) is -2.62. The van der Waals surface area contributed by atoms with Crippen LogP contribution in [0.25, 0.3) is 10.8 Å². The number of hydrogen-bond acceptors (Lipinski definition) is 6. The van der Waals surface area contributed by atoms with Crippen molar-refractivity contribution in [3.05, 3.63) is 107 Å². The number of fused-ring (bicyclic) bond motifs is 1. The van der Waals surface area contributed by atoms with Crippen molar-refractivity contribution >= 4 is 26.7 Å². The van der Waals surface area contributed by atoms with Gasteiger partial charge in [-0.05, 0) is 58.1 Å². The summed E-state index contributed by atoms with van der Waals surface area (Å²) in [6.07, 6.45) is 0.764. The van der Waals surface area contributed by atoms with Crippen LogP contribution in [0.5, 0.6) is 5.75 Å². The Morgan fingerprint density at radius 2 is 1.62 bits per heavy atom. The highest BCUT2D eigenvalue weighted by molar-refractivity contribution is 7.90. The topological polar surface area (TPSA) is 84.9 Å². The maximum absolute atomic E-state index is 13.5. The highest BCUT2D eigenvalue weighted by Crippen LogP contribution is 2.25. The summed E-state index contributed by atoms with van der Waals surface area (Å²) in [4.78, 5) is 14.4. The molecule has 0 atom stereocenters. The Hall–Kier alpha value is -3.86. The molecule has 1 saturated heterocycles. The molecule has 7 nitrogen and oxygen atoms in total. The molecule has 10 heteroatoms. The van der Waals surface area contributed by atoms with Gasteiger partial charge in [-0.2, -0.15) is 0 Å². The minimum atomic E-state index is -4.35. The van der Waals surface area contributed by atoms with E-state index in [1.807, 2.05) is 35.1 Å². The van der Waals surface area contributed by atoms with Gasteiger partial charge in [0.05, 0.1) is 24.7 Å². The molecule has 1 heterocycles. The Kier molecular flexibility index (Phi) is 9.46. The van der Waals surface area contributed by atoms with Crippen LogP contribution in [0.1, 0.15) is 23.1 Å². The molecule has 4 aromatic rings. The number of nitrogens with zero attached hydrogens (tertiary/aromatic N) is 1. The number of ether oxygens (including phenoxy) is 2. The molecule has 0 bridgehead atoms. The van der Waals surface area contributed by atoms with Crippen LogP contribution >= 0.6 is 0 Å². The molecule has 42 heavy (non-hydrogen) atoms. The van der Waals surface area contributed by atoms with E-state index in [0.717, 1.165) is 47.8 Å². The number of nitrogens with one attached hydrogen (secondary N) is 1. The maximum Gasteiger partial charge on any atom is 0.264 e. The summed E-state index contributed by atoms with van der Waals surface area (Å²) in [5, 5.41) is 2.33. The van der Waals surface area contributed by atoms with Gasteiger partial charge in [0.2, 0.25) is 5.91 Å². The molecule has 0 unspecified atom stereocenters. The third-order valence-corrected chi connectivity index (χ3v) is 8.55. The normalized spacial score (nSPS) is 14.1. The fourth-order valence-corrected chi connectivity index (χ4v) is 5.91. The van der Waals surface area contributed by atoms with E-state index in [-0.39, 0.29) is 12.8 Å². The zero-order valence-electron chi connectivity index (χ0n) is 23.0. The lowest BCUT2D eigenvalue weighted by Crippen LogP contribution is -2.35. The number of amides is 1. The third-order valence-electron chi connectivity index (χ3n) is 7.17. The van der Waals surface area contributed by atoms with Crippen molar-refractivity contribution in [2.24, 2.45) is 0 Å². The molecule has 1 fully saturated rings. The molecular weight excluding hydrogens is 562 g/mol. The zero-order chi connectivity index (χ0) is 29.5. The van der Waals surface area contributed by atoms with Gasteiger partial charge < -0.3 is 9.47 Å². The van der Waals surface area contributed by atoms with Crippen molar-refractivity contribution in [2.75, 3.05) is 32.9 Å². The molecular formula is C32H32F2N2O5S. The van der Waals surface area contributed by atoms with Gasteiger partial charge in [-0.3, -0.25) is 9.69 Å². The third kappa shape index (κ3) is 7.70. The number of hydrogen-bond donors (Lipinski definition) is 1. The Bertz CT molecular complexity index is 1670. The fourth-order valence-electron chi connectivity index (χ4n) is 4.88. The monoisotopic (exact) mass is 594 g/mol. The number of carbonyl (C=O) groups excluding carboxylic acids is 1. The number of sulfonamides is 1. The molecule has 1 aliphatic heterocycles. The second kappa shape index (κ2) is 13.4. The zero-order valence-corrected chi connectivity index (χ0v) is 23.8. The van der Waals surface area contributed by atoms with E-state index in [0.29, 0.717) is 44.1 Å². The highest BCUT2D eigenvalue weighted by Gasteiger charge is 2.20. The van der Waals surface area contributed by atoms with Crippen LogP contribution in [-0.4, -0.2) is 52.1 Å². The SMILES string of the molecule is O=C(CCc1ccc(CN2CCOCC2)cc1OCCc1ccc2ccccc2c1)NS(=O)(=O)c1ccc(F)c(F)c1. The summed E-state index contributed by atoms with van der Waals surface area (Å²) in [6.45, 7) is 4.21. The molecule has 0 radical (unpaired) electrons. The van der Waals surface area contributed by atoms with Gasteiger partial charge in [0.1, 0.15) is 5.75 Å². The second-order valence-corrected chi connectivity index (χ2v) is 11.9. The van der Waals surface area contributed by atoms with Gasteiger partial charge in [-0.25, -0.2) is 21.9 Å². The molecule has 0 aromatic heterocycles. The molecule has 1 aliphatic rings. The lowest BCUT2D eigenvalue weighted by molar-refractivity contribution is -0.119. The summed E-state index contributed by atoms with van der Waals surface area (Å²) in [5.41, 5.74) is 2.97. The van der Waals surface area contributed by atoms with Crippen LogP contribution in [0, 0.1) is 11.6 Å². The van der Waals surface area contributed by atoms with Crippen molar-refractivity contribution in [1.82, 2.24) is 9.62 Å². The fraction of sp³-hybridized carbons (Fsp3) is 0.281. The molecule has 0 spiro atoms. The number of halogens is 2. The van der Waals surface area contributed by atoms with Gasteiger partial charge in [0.25, 0.3) is 10.0 Å². The van der Waals surface area contributed by atoms with E-state index in [9.17, 15) is 22.0 Å². The Labute approximate surface area is 244 Å². The minimum Gasteiger partial charge on any atom is -0.493 e. The number of benzene rings is 4. The molecule has 220 valence electrons. The van der Waals surface area contributed by atoms with E-state index in [1.165, 1.54) is 5.39 Å². The van der Waals surface area contributed by atoms with Crippen LogP contribution in [0.15, 0.2) is 83.8 Å². The molecule has 0 saturated carbocycles. The van der Waals surface area contributed by atoms with E-state index in [1.54, 1.807) is 0 Å². The van der Waals surface area contributed by atoms with Crippen LogP contribution in [0.2, 0.25) is 0 Å². The van der Waals surface area contributed by atoms with Crippen LogP contribution in [-0.2, 0) is 38.9 Å². The van der Waals surface area contributed by atoms with Crippen molar-refractivity contribution in [3.8, 4) is 5.75 Å². The van der Waals surface area contributed by atoms with Crippen LogP contribution in [0.4, 0.5) is 8.78 Å². The Morgan fingerprint density at radius 3 is 2.40 bits per heavy atom. The van der Waals surface area contributed by atoms with E-state index in [2.05, 4.69) is 35.2 Å². The molecule has 1 amide bonds. The Morgan fingerprint density at radius 1 is 0.857 bits per heavy atom. The summed E-state index contributed by atoms with van der Waals surface area (Å²) in [6, 6.07) is 22.5. The standard InChI is InChI=1S/C32H32F2N2O5S/c33-29-11-10-28(21-30(29)34)42(38,39)35-32(37)12-9-26-8-6-24(22-36-14-17-40-18-15-36)20-31(26)41-16-13-23-5-7-25-3-1-2-4-27(25)19-23/h1-8,10-11,19-21H,9,12-18,22H2,(H,35,37). The largest absolute Gasteiger partial charge is 0.493 e. The van der Waals surface area contributed by atoms with Gasteiger partial charge >= 0.3 is 0 Å². The lowest BCUT2D eigenvalue weighted by atomic mass is 10.0. The molecule has 4 aromatic carbocycles. The predicted molar refractivity (Wildman–Crippen MR) is 156 cm³/mol. The van der Waals surface area contributed by atoms with E-state index < -0.39 is 32.5 Å². The van der Waals surface area contributed by atoms with Gasteiger partial charge in [0, 0.05) is 32.5 Å². The number of carbonyl (C=O) groups is 1. The summed E-state index contributed by atoms with van der Waals surface area (Å²) < 4.78 is 65.4. The second-order valence-electron chi connectivity index (χ2n) is 10.2. The van der Waals surface area contributed by atoms with Crippen LogP contribution in [0.3, 0.4) is 0 Å². The van der Waals surface area contributed by atoms with Crippen LogP contribution < -0.4 is 9.46 Å². The minimum absolute atomic E-state index is 0.146. The first-order valence-electron chi connectivity index (χ1n) is 13.8. The quantitative estimate of drug-likeness (QED) is 0.263. The first kappa shape index (κ1) is 29.6. The predicted octanol–water partition coefficient (Wildman–Crippen LogP) is 5.01. The van der Waals surface area contributed by atoms with Gasteiger partial charge in [0.15, 0.2) is 11.6 Å². The highest BCUT2D eigenvalue weighted by atomic mass is 32.2. The average molecular weight is 595 g/mol. The first-order valence-corrected chi connectivity index (χ1v) is 15.3. The molecule has 1 N–H and O–H groups in total. The summed E-state index contributed by atoms with van der Waals surface area (Å²) >= 11 is 0. The van der Waals surface area contributed by atoms with Crippen molar-refractivity contribution in [2.45, 2.75) is 30.7 Å². The average Bonchev–Trinajstić information content (AvgIpc) is 2.98. The lowest BCUT2D eigenvalue weighted by Gasteiger charge is -2.27. The molecule has 5 rings (SSSR count). The van der Waals surface area contributed by atoms with Crippen molar-refractivity contribution < 1.29 is 31.5 Å².